The summed E-state index contributed by atoms with van der Waals surface area (Å²) >= 11 is 0. The number of aryl methyl sites for hydroxylation is 1. The molecule has 0 fully saturated rings. The third kappa shape index (κ3) is 9.58. The minimum absolute atomic E-state index is 0.144. The summed E-state index contributed by atoms with van der Waals surface area (Å²) in [7, 11) is 0. The van der Waals surface area contributed by atoms with Gasteiger partial charge in [0.05, 0.1) is 11.4 Å². The maximum absolute atomic E-state index is 11.8. The van der Waals surface area contributed by atoms with Gasteiger partial charge in [-0.1, -0.05) is 93.3 Å². The van der Waals surface area contributed by atoms with Crippen LogP contribution < -0.4 is 5.32 Å². The first-order valence-electron chi connectivity index (χ1n) is 16.4. The van der Waals surface area contributed by atoms with Crippen LogP contribution in [0.4, 0.5) is 0 Å². The van der Waals surface area contributed by atoms with Crippen molar-refractivity contribution in [2.45, 2.75) is 54.2 Å². The predicted octanol–water partition coefficient (Wildman–Crippen LogP) is 8.42. The summed E-state index contributed by atoms with van der Waals surface area (Å²) in [5.41, 5.74) is 7.30. The topological polar surface area (TPSA) is 127 Å². The number of aromatic nitrogens is 2. The lowest BCUT2D eigenvalue weighted by atomic mass is 10.0. The number of nitrogens with one attached hydrogen (secondary N) is 1. The molecule has 2 aromatic heterocycles. The molecule has 1 aliphatic rings. The number of aliphatic carboxylic acids is 1. The van der Waals surface area contributed by atoms with Gasteiger partial charge in [0.2, 0.25) is 0 Å². The number of nitrogens with zero attached hydrogens (tertiary/aromatic N) is 3. The van der Waals surface area contributed by atoms with E-state index in [1.54, 1.807) is 54.6 Å². The molecule has 4 N–H and O–H groups in total. The van der Waals surface area contributed by atoms with E-state index in [1.165, 1.54) is 9.97 Å². The van der Waals surface area contributed by atoms with E-state index in [2.05, 4.69) is 42.0 Å². The van der Waals surface area contributed by atoms with Crippen LogP contribution in [0.5, 0.6) is 0 Å². The van der Waals surface area contributed by atoms with Crippen LogP contribution in [0.2, 0.25) is 0 Å². The lowest BCUT2D eigenvalue weighted by molar-refractivity contribution is -0.134. The van der Waals surface area contributed by atoms with Crippen LogP contribution in [0.1, 0.15) is 79.2 Å². The Bertz CT molecular complexity index is 1970. The number of rotatable bonds is 10. The van der Waals surface area contributed by atoms with Gasteiger partial charge in [0, 0.05) is 24.6 Å². The normalized spacial score (nSPS) is 13.6. The number of hydrogen-bond acceptors (Lipinski definition) is 6. The zero-order valence-electron chi connectivity index (χ0n) is 29.5. The average molecular weight is 675 g/mol. The molecule has 1 aliphatic heterocycles. The zero-order chi connectivity index (χ0) is 36.8. The van der Waals surface area contributed by atoms with Crippen molar-refractivity contribution in [2.75, 3.05) is 0 Å². The van der Waals surface area contributed by atoms with Gasteiger partial charge in [0.15, 0.2) is 11.4 Å². The first-order chi connectivity index (χ1) is 24.0. The molecule has 0 aliphatic carbocycles. The second kappa shape index (κ2) is 18.6. The molecule has 0 bridgehead atoms. The second-order valence-electron chi connectivity index (χ2n) is 11.0. The smallest absolute Gasteiger partial charge is 0.355 e. The van der Waals surface area contributed by atoms with Crippen LogP contribution in [-0.4, -0.2) is 41.5 Å². The van der Waals surface area contributed by atoms with Crippen LogP contribution in [0.3, 0.4) is 0 Å². The monoisotopic (exact) mass is 674 g/mol. The summed E-state index contributed by atoms with van der Waals surface area (Å²) in [6.45, 7) is 16.0. The molecule has 0 saturated heterocycles. The quantitative estimate of drug-likeness (QED) is 0.124. The molecule has 0 radical (unpaired) electrons. The number of pyridine rings is 1. The standard InChI is InChI=1S/C23H26N2O2.C16H14N2O3.C2H6/c1-5-7-9-17(3)20-11-8-10-19(15-20)16-24-21-13-12-18(4)25(14-6-2)22(21)23(26)27;1-10-14(16(20)21)18-8-7-12(9-13(18)17-10)15(19)11-5-3-2-4-6-11;1-2/h5-15,24H,4,16H2,1-3H3,(H,26,27);2-9,15,19H,1H3,(H,20,21);1-2H3/b7-5-,14-6-,17-9+;;. The molecular formula is C41H46N4O5. The first-order valence-corrected chi connectivity index (χ1v) is 16.4. The van der Waals surface area contributed by atoms with E-state index in [4.69, 9.17) is 0 Å². The maximum Gasteiger partial charge on any atom is 0.355 e. The number of fused-ring (bicyclic) bond motifs is 1. The highest BCUT2D eigenvalue weighted by Gasteiger charge is 2.24. The number of benzene rings is 2. The van der Waals surface area contributed by atoms with Crippen molar-refractivity contribution in [1.29, 1.82) is 0 Å². The van der Waals surface area contributed by atoms with Crippen molar-refractivity contribution >= 4 is 23.2 Å². The highest BCUT2D eigenvalue weighted by Crippen LogP contribution is 2.25. The SMILES string of the molecule is C=C1C=CC(NCc2cccc(/C(C)=C/C=C\C)c2)=C(C(=O)O)N1/C=C\C.CC.Cc1nc2cc(C(O)c3ccccc3)ccn2c1C(=O)O. The Balaban J connectivity index is 0.000000264. The molecule has 4 aromatic rings. The summed E-state index contributed by atoms with van der Waals surface area (Å²) in [5, 5.41) is 32.5. The summed E-state index contributed by atoms with van der Waals surface area (Å²) in [6.07, 6.45) is 14.0. The molecule has 1 unspecified atom stereocenters. The highest BCUT2D eigenvalue weighted by atomic mass is 16.4. The van der Waals surface area contributed by atoms with Crippen LogP contribution in [0.15, 0.2) is 139 Å². The zero-order valence-corrected chi connectivity index (χ0v) is 29.5. The van der Waals surface area contributed by atoms with Gasteiger partial charge in [-0.05, 0) is 85.9 Å². The number of aliphatic hydroxyl groups excluding tert-OH is 1. The van der Waals surface area contributed by atoms with Gasteiger partial charge >= 0.3 is 11.9 Å². The minimum Gasteiger partial charge on any atom is -0.477 e. The summed E-state index contributed by atoms with van der Waals surface area (Å²) in [4.78, 5) is 28.8. The predicted molar refractivity (Wildman–Crippen MR) is 200 cm³/mol. The van der Waals surface area contributed by atoms with Crippen molar-refractivity contribution in [3.63, 3.8) is 0 Å². The third-order valence-electron chi connectivity index (χ3n) is 7.61. The highest BCUT2D eigenvalue weighted by molar-refractivity contribution is 5.89. The number of hydrogen-bond donors (Lipinski definition) is 4. The Morgan fingerprint density at radius 3 is 2.30 bits per heavy atom. The van der Waals surface area contributed by atoms with Crippen molar-refractivity contribution < 1.29 is 24.9 Å². The van der Waals surface area contributed by atoms with E-state index in [0.717, 1.165) is 16.7 Å². The van der Waals surface area contributed by atoms with Gasteiger partial charge in [-0.3, -0.25) is 4.40 Å². The van der Waals surface area contributed by atoms with E-state index < -0.39 is 18.0 Å². The number of carboxylic acids is 2. The number of aliphatic hydroxyl groups is 1. The van der Waals surface area contributed by atoms with Crippen LogP contribution in [0.25, 0.3) is 11.2 Å². The molecule has 0 spiro atoms. The van der Waals surface area contributed by atoms with Crippen LogP contribution in [-0.2, 0) is 11.3 Å². The van der Waals surface area contributed by atoms with Gasteiger partial charge in [0.25, 0.3) is 0 Å². The minimum atomic E-state index is -1.02. The number of carboxylic acid groups (broad SMARTS) is 2. The van der Waals surface area contributed by atoms with E-state index >= 15 is 0 Å². The van der Waals surface area contributed by atoms with Gasteiger partial charge in [-0.15, -0.1) is 0 Å². The molecule has 9 nitrogen and oxygen atoms in total. The number of carbonyl (C=O) groups is 2. The van der Waals surface area contributed by atoms with Gasteiger partial charge < -0.3 is 25.5 Å². The number of imidazole rings is 1. The fourth-order valence-corrected chi connectivity index (χ4v) is 5.19. The fraction of sp³-hybridized carbons (Fsp3) is 0.195. The van der Waals surface area contributed by atoms with Crippen LogP contribution in [0, 0.1) is 6.92 Å². The van der Waals surface area contributed by atoms with Crippen LogP contribution >= 0.6 is 0 Å². The van der Waals surface area contributed by atoms with Crippen molar-refractivity contribution in [2.24, 2.45) is 0 Å². The maximum atomic E-state index is 11.8. The molecule has 3 heterocycles. The third-order valence-corrected chi connectivity index (χ3v) is 7.61. The molecule has 1 atom stereocenters. The molecule has 50 heavy (non-hydrogen) atoms. The van der Waals surface area contributed by atoms with E-state index in [1.807, 2.05) is 82.3 Å². The lowest BCUT2D eigenvalue weighted by Crippen LogP contribution is -2.29. The van der Waals surface area contributed by atoms with Gasteiger partial charge in [0.1, 0.15) is 11.8 Å². The average Bonchev–Trinajstić information content (AvgIpc) is 3.47. The molecule has 2 aromatic carbocycles. The van der Waals surface area contributed by atoms with E-state index in [0.29, 0.717) is 34.8 Å². The molecular weight excluding hydrogens is 628 g/mol. The largest absolute Gasteiger partial charge is 0.477 e. The summed E-state index contributed by atoms with van der Waals surface area (Å²) < 4.78 is 1.51. The van der Waals surface area contributed by atoms with Crippen molar-refractivity contribution in [1.82, 2.24) is 19.6 Å². The summed E-state index contributed by atoms with van der Waals surface area (Å²) in [5.74, 6) is -2.02. The lowest BCUT2D eigenvalue weighted by Gasteiger charge is -2.27. The number of allylic oxidation sites excluding steroid dienone is 7. The van der Waals surface area contributed by atoms with E-state index in [-0.39, 0.29) is 11.4 Å². The first kappa shape index (κ1) is 38.5. The molecule has 0 amide bonds. The second-order valence-corrected chi connectivity index (χ2v) is 11.0. The molecule has 0 saturated carbocycles. The Kier molecular flexibility index (Phi) is 14.3. The number of aromatic carboxylic acids is 1. The van der Waals surface area contributed by atoms with Crippen molar-refractivity contribution in [3.05, 3.63) is 173 Å². The molecule has 5 rings (SSSR count). The Labute approximate surface area is 294 Å². The van der Waals surface area contributed by atoms with Gasteiger partial charge in [-0.25, -0.2) is 14.6 Å². The van der Waals surface area contributed by atoms with Crippen molar-refractivity contribution in [3.8, 4) is 0 Å². The Morgan fingerprint density at radius 1 is 0.940 bits per heavy atom. The summed E-state index contributed by atoms with van der Waals surface area (Å²) in [6, 6.07) is 20.9. The molecule has 260 valence electrons. The van der Waals surface area contributed by atoms with E-state index in [9.17, 15) is 24.9 Å². The molecule has 9 heteroatoms. The Morgan fingerprint density at radius 2 is 1.66 bits per heavy atom. The fourth-order valence-electron chi connectivity index (χ4n) is 5.19. The Hall–Kier alpha value is -5.93. The van der Waals surface area contributed by atoms with Gasteiger partial charge in [-0.2, -0.15) is 0 Å².